The monoisotopic (exact) mass is 406 g/mol. The van der Waals surface area contributed by atoms with Crippen molar-refractivity contribution < 1.29 is 14.3 Å². The summed E-state index contributed by atoms with van der Waals surface area (Å²) in [5, 5.41) is 10.5. The van der Waals surface area contributed by atoms with Crippen LogP contribution in [0.25, 0.3) is 5.69 Å². The summed E-state index contributed by atoms with van der Waals surface area (Å²) in [4.78, 5) is 12.6. The molecule has 0 fully saturated rings. The quantitative estimate of drug-likeness (QED) is 0.661. The van der Waals surface area contributed by atoms with Gasteiger partial charge in [-0.3, -0.25) is 0 Å². The highest BCUT2D eigenvalue weighted by atomic mass is 16.7. The van der Waals surface area contributed by atoms with Crippen molar-refractivity contribution >= 4 is 6.03 Å². The summed E-state index contributed by atoms with van der Waals surface area (Å²) in [5.74, 6) is 1.43. The maximum absolute atomic E-state index is 12.6. The highest BCUT2D eigenvalue weighted by molar-refractivity contribution is 5.75. The van der Waals surface area contributed by atoms with Crippen LogP contribution < -0.4 is 20.1 Å². The summed E-state index contributed by atoms with van der Waals surface area (Å²) in [6.45, 7) is 8.18. The fourth-order valence-electron chi connectivity index (χ4n) is 3.57. The van der Waals surface area contributed by atoms with Crippen molar-refractivity contribution in [2.45, 2.75) is 39.8 Å². The number of carbonyl (C=O) groups excluding carboxylic acids is 1. The molecule has 0 bridgehead atoms. The number of aryl methyl sites for hydroxylation is 1. The van der Waals surface area contributed by atoms with Gasteiger partial charge in [-0.05, 0) is 57.5 Å². The molecule has 2 heterocycles. The fourth-order valence-corrected chi connectivity index (χ4v) is 3.57. The Kier molecular flexibility index (Phi) is 5.35. The van der Waals surface area contributed by atoms with Crippen LogP contribution in [0.5, 0.6) is 11.5 Å². The molecular weight excluding hydrogens is 380 g/mol. The molecule has 30 heavy (non-hydrogen) atoms. The maximum Gasteiger partial charge on any atom is 0.315 e. The number of urea groups is 1. The van der Waals surface area contributed by atoms with Crippen LogP contribution in [0.1, 0.15) is 48.3 Å². The lowest BCUT2D eigenvalue weighted by Gasteiger charge is -2.19. The van der Waals surface area contributed by atoms with E-state index in [-0.39, 0.29) is 24.9 Å². The summed E-state index contributed by atoms with van der Waals surface area (Å²) >= 11 is 0. The molecule has 2 N–H and O–H groups in total. The minimum Gasteiger partial charge on any atom is -0.454 e. The molecule has 1 aliphatic heterocycles. The SMILES string of the molecule is Cc1ccc(-n2ncc([C@H](C)NC(=O)N[C@H](C)c3ccc4c(c3)OCO4)c2C)cc1. The first-order valence-electron chi connectivity index (χ1n) is 10.0. The number of rotatable bonds is 5. The van der Waals surface area contributed by atoms with Gasteiger partial charge in [-0.2, -0.15) is 5.10 Å². The first-order valence-corrected chi connectivity index (χ1v) is 10.0. The summed E-state index contributed by atoms with van der Waals surface area (Å²) in [6, 6.07) is 13.3. The number of ether oxygens (including phenoxy) is 2. The molecule has 2 atom stereocenters. The Hall–Kier alpha value is -3.48. The molecule has 0 spiro atoms. The first-order chi connectivity index (χ1) is 14.4. The Labute approximate surface area is 176 Å². The van der Waals surface area contributed by atoms with Crippen molar-refractivity contribution in [1.82, 2.24) is 20.4 Å². The summed E-state index contributed by atoms with van der Waals surface area (Å²) in [6.07, 6.45) is 1.81. The maximum atomic E-state index is 12.6. The lowest BCUT2D eigenvalue weighted by Crippen LogP contribution is -2.38. The van der Waals surface area contributed by atoms with Gasteiger partial charge in [0.25, 0.3) is 0 Å². The van der Waals surface area contributed by atoms with Gasteiger partial charge in [-0.15, -0.1) is 0 Å². The van der Waals surface area contributed by atoms with E-state index in [0.717, 1.165) is 28.3 Å². The number of aromatic nitrogens is 2. The van der Waals surface area contributed by atoms with Gasteiger partial charge in [0.2, 0.25) is 6.79 Å². The van der Waals surface area contributed by atoms with Crippen LogP contribution >= 0.6 is 0 Å². The van der Waals surface area contributed by atoms with Crippen molar-refractivity contribution in [2.24, 2.45) is 0 Å². The van der Waals surface area contributed by atoms with Gasteiger partial charge >= 0.3 is 6.03 Å². The van der Waals surface area contributed by atoms with Crippen LogP contribution in [0.15, 0.2) is 48.7 Å². The second-order valence-corrected chi connectivity index (χ2v) is 7.61. The van der Waals surface area contributed by atoms with Crippen LogP contribution in [0.2, 0.25) is 0 Å². The standard InChI is InChI=1S/C23H26N4O3/c1-14-5-8-19(9-6-14)27-17(4)20(12-24-27)16(3)26-23(28)25-15(2)18-7-10-21-22(11-18)30-13-29-21/h5-12,15-16H,13H2,1-4H3,(H2,25,26,28)/t15-,16+/m1/s1. The van der Waals surface area contributed by atoms with Gasteiger partial charge in [-0.25, -0.2) is 9.48 Å². The third-order valence-corrected chi connectivity index (χ3v) is 5.38. The van der Waals surface area contributed by atoms with Gasteiger partial charge in [0.05, 0.1) is 24.0 Å². The topological polar surface area (TPSA) is 77.4 Å². The van der Waals surface area contributed by atoms with E-state index in [1.165, 1.54) is 5.56 Å². The lowest BCUT2D eigenvalue weighted by molar-refractivity contribution is 0.174. The molecule has 156 valence electrons. The molecule has 0 unspecified atom stereocenters. The average Bonchev–Trinajstić information content (AvgIpc) is 3.34. The molecule has 3 aromatic rings. The van der Waals surface area contributed by atoms with E-state index in [4.69, 9.17) is 9.47 Å². The zero-order valence-electron chi connectivity index (χ0n) is 17.6. The largest absolute Gasteiger partial charge is 0.454 e. The molecule has 0 aliphatic carbocycles. The van der Waals surface area contributed by atoms with Crippen molar-refractivity contribution in [3.63, 3.8) is 0 Å². The molecular formula is C23H26N4O3. The van der Waals surface area contributed by atoms with E-state index in [1.807, 2.05) is 55.8 Å². The zero-order valence-corrected chi connectivity index (χ0v) is 17.6. The minimum atomic E-state index is -0.241. The fraction of sp³-hybridized carbons (Fsp3) is 0.304. The van der Waals surface area contributed by atoms with E-state index in [0.29, 0.717) is 5.75 Å². The summed E-state index contributed by atoms with van der Waals surface area (Å²) in [5.41, 5.74) is 5.12. The van der Waals surface area contributed by atoms with Crippen LogP contribution in [0, 0.1) is 13.8 Å². The third-order valence-electron chi connectivity index (χ3n) is 5.38. The average molecular weight is 406 g/mol. The number of hydrogen-bond acceptors (Lipinski definition) is 4. The molecule has 1 aliphatic rings. The Morgan fingerprint density at radius 2 is 1.70 bits per heavy atom. The van der Waals surface area contributed by atoms with Gasteiger partial charge < -0.3 is 20.1 Å². The predicted octanol–water partition coefficient (Wildman–Crippen LogP) is 4.34. The Morgan fingerprint density at radius 3 is 2.47 bits per heavy atom. The van der Waals surface area contributed by atoms with Crippen molar-refractivity contribution in [1.29, 1.82) is 0 Å². The first kappa shape index (κ1) is 19.8. The Morgan fingerprint density at radius 1 is 1.00 bits per heavy atom. The molecule has 1 aromatic heterocycles. The highest BCUT2D eigenvalue weighted by Gasteiger charge is 2.19. The molecule has 0 saturated heterocycles. The molecule has 2 amide bonds. The predicted molar refractivity (Wildman–Crippen MR) is 114 cm³/mol. The van der Waals surface area contributed by atoms with Crippen molar-refractivity contribution in [3.8, 4) is 17.2 Å². The Bertz CT molecular complexity index is 1060. The van der Waals surface area contributed by atoms with Crippen LogP contribution in [0.3, 0.4) is 0 Å². The smallest absolute Gasteiger partial charge is 0.315 e. The normalized spacial score (nSPS) is 14.3. The second kappa shape index (κ2) is 8.10. The minimum absolute atomic E-state index is 0.178. The van der Waals surface area contributed by atoms with Gasteiger partial charge in [0.15, 0.2) is 11.5 Å². The van der Waals surface area contributed by atoms with Gasteiger partial charge in [0, 0.05) is 11.3 Å². The van der Waals surface area contributed by atoms with Crippen LogP contribution in [-0.2, 0) is 0 Å². The van der Waals surface area contributed by atoms with E-state index in [1.54, 1.807) is 6.20 Å². The highest BCUT2D eigenvalue weighted by Crippen LogP contribution is 2.34. The molecule has 7 heteroatoms. The number of nitrogens with one attached hydrogen (secondary N) is 2. The summed E-state index contributed by atoms with van der Waals surface area (Å²) in [7, 11) is 0. The van der Waals surface area contributed by atoms with Crippen LogP contribution in [0.4, 0.5) is 4.79 Å². The zero-order chi connectivity index (χ0) is 21.3. The van der Waals surface area contributed by atoms with Gasteiger partial charge in [0.1, 0.15) is 0 Å². The van der Waals surface area contributed by atoms with Crippen molar-refractivity contribution in [3.05, 3.63) is 71.0 Å². The number of amides is 2. The number of fused-ring (bicyclic) bond motifs is 1. The molecule has 0 radical (unpaired) electrons. The lowest BCUT2D eigenvalue weighted by atomic mass is 10.1. The molecule has 7 nitrogen and oxygen atoms in total. The third kappa shape index (κ3) is 3.96. The Balaban J connectivity index is 1.40. The molecule has 2 aromatic carbocycles. The van der Waals surface area contributed by atoms with Crippen LogP contribution in [-0.4, -0.2) is 22.6 Å². The van der Waals surface area contributed by atoms with Crippen molar-refractivity contribution in [2.75, 3.05) is 6.79 Å². The number of hydrogen-bond donors (Lipinski definition) is 2. The van der Waals surface area contributed by atoms with Gasteiger partial charge in [-0.1, -0.05) is 23.8 Å². The second-order valence-electron chi connectivity index (χ2n) is 7.61. The number of nitrogens with zero attached hydrogens (tertiary/aromatic N) is 2. The van der Waals surface area contributed by atoms with E-state index >= 15 is 0 Å². The number of benzene rings is 2. The molecule has 0 saturated carbocycles. The van der Waals surface area contributed by atoms with E-state index < -0.39 is 0 Å². The summed E-state index contributed by atoms with van der Waals surface area (Å²) < 4.78 is 12.6. The van der Waals surface area contributed by atoms with E-state index in [9.17, 15) is 4.79 Å². The molecule has 4 rings (SSSR count). The van der Waals surface area contributed by atoms with E-state index in [2.05, 4.69) is 34.8 Å². The number of carbonyl (C=O) groups is 1.